The average molecular weight is 502 g/mol. The zero-order valence-corrected chi connectivity index (χ0v) is 21.0. The summed E-state index contributed by atoms with van der Waals surface area (Å²) in [5, 5.41) is 7.04. The number of hydrogen-bond acceptors (Lipinski definition) is 8. The molecule has 10 nitrogen and oxygen atoms in total. The first-order chi connectivity index (χ1) is 18.2. The van der Waals surface area contributed by atoms with Gasteiger partial charge >= 0.3 is 0 Å². The van der Waals surface area contributed by atoms with E-state index in [1.165, 1.54) is 6.42 Å². The molecule has 4 aromatic rings. The molecular formula is C27H31N7O3. The van der Waals surface area contributed by atoms with Gasteiger partial charge in [-0.25, -0.2) is 15.0 Å². The van der Waals surface area contributed by atoms with Gasteiger partial charge in [-0.05, 0) is 56.9 Å². The molecule has 2 aliphatic rings. The molecule has 10 heteroatoms. The minimum atomic E-state index is -0.196. The zero-order chi connectivity index (χ0) is 25.2. The molecule has 1 amide bonds. The Balaban J connectivity index is 1.15. The summed E-state index contributed by atoms with van der Waals surface area (Å²) in [4.78, 5) is 29.4. The normalized spacial score (nSPS) is 17.9. The number of hydrogen-bond donors (Lipinski definition) is 1. The van der Waals surface area contributed by atoms with Crippen molar-refractivity contribution in [3.63, 3.8) is 0 Å². The number of nitrogens with zero attached hydrogens (tertiary/aromatic N) is 6. The number of nitrogens with one attached hydrogen (secondary N) is 1. The Morgan fingerprint density at radius 1 is 1.14 bits per heavy atom. The number of carbonyl (C=O) groups excluding carboxylic acids is 1. The Hall–Kier alpha value is -3.95. The summed E-state index contributed by atoms with van der Waals surface area (Å²) in [5.41, 5.74) is 3.29. The van der Waals surface area contributed by atoms with Gasteiger partial charge in [0.2, 0.25) is 11.8 Å². The molecule has 2 aliphatic heterocycles. The van der Waals surface area contributed by atoms with Gasteiger partial charge in [-0.2, -0.15) is 0 Å². The lowest BCUT2D eigenvalue weighted by Gasteiger charge is -2.32. The number of benzene rings is 1. The molecule has 1 aromatic carbocycles. The van der Waals surface area contributed by atoms with Crippen LogP contribution in [0.3, 0.4) is 0 Å². The van der Waals surface area contributed by atoms with Crippen LogP contribution in [0, 0.1) is 5.92 Å². The summed E-state index contributed by atoms with van der Waals surface area (Å²) >= 11 is 0. The molecule has 0 bridgehead atoms. The molecule has 1 saturated heterocycles. The van der Waals surface area contributed by atoms with Gasteiger partial charge in [0.15, 0.2) is 17.0 Å². The monoisotopic (exact) mass is 501 g/mol. The number of rotatable bonds is 6. The summed E-state index contributed by atoms with van der Waals surface area (Å²) in [6.45, 7) is 4.92. The van der Waals surface area contributed by atoms with E-state index in [9.17, 15) is 4.79 Å². The van der Waals surface area contributed by atoms with Crippen LogP contribution in [0.5, 0.6) is 5.75 Å². The number of amides is 1. The lowest BCUT2D eigenvalue weighted by Crippen LogP contribution is -2.41. The van der Waals surface area contributed by atoms with Crippen LogP contribution < -0.4 is 15.0 Å². The van der Waals surface area contributed by atoms with Crippen LogP contribution in [0.1, 0.15) is 44.9 Å². The number of carbonyl (C=O) groups is 1. The maximum atomic E-state index is 13.2. The van der Waals surface area contributed by atoms with E-state index in [1.807, 2.05) is 31.2 Å². The summed E-state index contributed by atoms with van der Waals surface area (Å²) in [7, 11) is 0. The topological polar surface area (TPSA) is 111 Å². The number of imidazole rings is 1. The number of aromatic nitrogens is 5. The third-order valence-electron chi connectivity index (χ3n) is 7.18. The summed E-state index contributed by atoms with van der Waals surface area (Å²) in [5.74, 6) is 2.78. The largest absolute Gasteiger partial charge is 0.494 e. The predicted molar refractivity (Wildman–Crippen MR) is 140 cm³/mol. The molecular weight excluding hydrogens is 470 g/mol. The van der Waals surface area contributed by atoms with Crippen molar-refractivity contribution in [2.45, 2.75) is 52.0 Å². The molecule has 0 unspecified atom stereocenters. The van der Waals surface area contributed by atoms with Crippen LogP contribution in [0.4, 0.5) is 11.7 Å². The van der Waals surface area contributed by atoms with E-state index < -0.39 is 0 Å². The molecule has 0 spiro atoms. The Bertz CT molecular complexity index is 1400. The second-order valence-corrected chi connectivity index (χ2v) is 9.67. The zero-order valence-electron chi connectivity index (χ0n) is 21.0. The highest BCUT2D eigenvalue weighted by molar-refractivity contribution is 5.92. The lowest BCUT2D eigenvalue weighted by molar-refractivity contribution is -0.120. The molecule has 3 aromatic heterocycles. The smallest absolute Gasteiger partial charge is 0.231 e. The molecule has 5 heterocycles. The lowest BCUT2D eigenvalue weighted by atomic mass is 9.97. The van der Waals surface area contributed by atoms with E-state index >= 15 is 0 Å². The fraction of sp³-hybridized carbons (Fsp3) is 0.444. The number of anilines is 2. The van der Waals surface area contributed by atoms with E-state index in [1.54, 1.807) is 12.4 Å². The molecule has 0 radical (unpaired) electrons. The Morgan fingerprint density at radius 2 is 2.03 bits per heavy atom. The molecule has 1 fully saturated rings. The van der Waals surface area contributed by atoms with E-state index in [0.717, 1.165) is 79.3 Å². The van der Waals surface area contributed by atoms with Crippen molar-refractivity contribution in [1.82, 2.24) is 24.7 Å². The molecule has 6 rings (SSSR count). The van der Waals surface area contributed by atoms with Crippen molar-refractivity contribution in [3.05, 3.63) is 42.5 Å². The van der Waals surface area contributed by atoms with Crippen molar-refractivity contribution in [1.29, 1.82) is 0 Å². The summed E-state index contributed by atoms with van der Waals surface area (Å²) < 4.78 is 13.2. The third-order valence-corrected chi connectivity index (χ3v) is 7.18. The third kappa shape index (κ3) is 4.75. The second kappa shape index (κ2) is 10.2. The maximum absolute atomic E-state index is 13.2. The van der Waals surface area contributed by atoms with Gasteiger partial charge in [0.25, 0.3) is 0 Å². The van der Waals surface area contributed by atoms with Gasteiger partial charge in [0.1, 0.15) is 23.6 Å². The van der Waals surface area contributed by atoms with Crippen LogP contribution in [0.25, 0.3) is 22.4 Å². The van der Waals surface area contributed by atoms with Crippen molar-refractivity contribution < 1.29 is 14.1 Å². The number of ether oxygens (including phenoxy) is 1. The van der Waals surface area contributed by atoms with Crippen LogP contribution in [0.2, 0.25) is 0 Å². The van der Waals surface area contributed by atoms with Gasteiger partial charge in [0, 0.05) is 37.7 Å². The maximum Gasteiger partial charge on any atom is 0.231 e. The number of piperidine rings is 1. The van der Waals surface area contributed by atoms with Gasteiger partial charge < -0.3 is 18.7 Å². The first-order valence-electron chi connectivity index (χ1n) is 13.2. The van der Waals surface area contributed by atoms with Gasteiger partial charge in [0.05, 0.1) is 12.5 Å². The summed E-state index contributed by atoms with van der Waals surface area (Å²) in [6, 6.07) is 9.38. The minimum absolute atomic E-state index is 0.0787. The van der Waals surface area contributed by atoms with Crippen LogP contribution in [0.15, 0.2) is 41.2 Å². The molecule has 1 atom stereocenters. The first-order valence-corrected chi connectivity index (χ1v) is 13.2. The molecule has 0 saturated carbocycles. The predicted octanol–water partition coefficient (Wildman–Crippen LogP) is 4.46. The van der Waals surface area contributed by atoms with E-state index in [0.29, 0.717) is 24.7 Å². The standard InChI is InChI=1S/C27H31N7O3/c1-2-36-20-11-9-18(10-12-20)21-15-23(37-32-21)31-27(35)19-7-6-13-33(16-19)25-24-26(29-17-28-25)34-14-5-3-4-8-22(34)30-24/h9-12,15,17,19H,2-8,13-14,16H2,1H3,(H,31,35)/t19-/m0/s1. The summed E-state index contributed by atoms with van der Waals surface area (Å²) in [6.07, 6.45) is 7.81. The van der Waals surface area contributed by atoms with E-state index in [4.69, 9.17) is 14.2 Å². The fourth-order valence-electron chi connectivity index (χ4n) is 5.32. The quantitative estimate of drug-likeness (QED) is 0.412. The van der Waals surface area contributed by atoms with Crippen molar-refractivity contribution in [3.8, 4) is 17.0 Å². The fourth-order valence-corrected chi connectivity index (χ4v) is 5.32. The average Bonchev–Trinajstić information content (AvgIpc) is 3.46. The van der Waals surface area contributed by atoms with Crippen LogP contribution >= 0.6 is 0 Å². The second-order valence-electron chi connectivity index (χ2n) is 9.67. The van der Waals surface area contributed by atoms with E-state index in [-0.39, 0.29) is 11.8 Å². The van der Waals surface area contributed by atoms with E-state index in [2.05, 4.69) is 29.9 Å². The van der Waals surface area contributed by atoms with Gasteiger partial charge in [-0.3, -0.25) is 10.1 Å². The Morgan fingerprint density at radius 3 is 2.89 bits per heavy atom. The minimum Gasteiger partial charge on any atom is -0.494 e. The number of fused-ring (bicyclic) bond motifs is 3. The molecule has 37 heavy (non-hydrogen) atoms. The van der Waals surface area contributed by atoms with Crippen molar-refractivity contribution in [2.24, 2.45) is 5.92 Å². The van der Waals surface area contributed by atoms with Crippen molar-refractivity contribution >= 4 is 28.8 Å². The molecule has 0 aliphatic carbocycles. The molecule has 192 valence electrons. The highest BCUT2D eigenvalue weighted by atomic mass is 16.5. The van der Waals surface area contributed by atoms with Gasteiger partial charge in [-0.1, -0.05) is 11.6 Å². The van der Waals surface area contributed by atoms with Crippen LogP contribution in [-0.2, 0) is 17.8 Å². The SMILES string of the molecule is CCOc1ccc(-c2cc(NC(=O)[C@H]3CCCN(c4ncnc5c4nc4n5CCCCC4)C3)on2)cc1. The highest BCUT2D eigenvalue weighted by Crippen LogP contribution is 2.30. The first kappa shape index (κ1) is 23.4. The Labute approximate surface area is 215 Å². The van der Waals surface area contributed by atoms with Crippen molar-refractivity contribution in [2.75, 3.05) is 29.9 Å². The number of aryl methyl sites for hydroxylation is 2. The molecule has 1 N–H and O–H groups in total. The Kier molecular flexibility index (Phi) is 6.46. The van der Waals surface area contributed by atoms with Gasteiger partial charge in [-0.15, -0.1) is 0 Å². The van der Waals surface area contributed by atoms with Crippen LogP contribution in [-0.4, -0.2) is 50.3 Å². The highest BCUT2D eigenvalue weighted by Gasteiger charge is 2.29.